The molecule has 4 nitrogen and oxygen atoms in total. The van der Waals surface area contributed by atoms with Crippen LogP contribution in [0, 0.1) is 0 Å². The van der Waals surface area contributed by atoms with Crippen LogP contribution in [-0.2, 0) is 0 Å². The fraction of sp³-hybridized carbons (Fsp3) is 0. The molecule has 0 saturated carbocycles. The van der Waals surface area contributed by atoms with Crippen LogP contribution >= 0.6 is 0 Å². The largest absolute Gasteiger partial charge is 0.505 e. The number of nitrogens with zero attached hydrogens (tertiary/aromatic N) is 3. The summed E-state index contributed by atoms with van der Waals surface area (Å²) in [4.78, 5) is 14.1. The molecule has 0 amide bonds. The topological polar surface area (TPSA) is 58.9 Å². The molecule has 0 radical (unpaired) electrons. The van der Waals surface area contributed by atoms with E-state index in [0.717, 1.165) is 44.6 Å². The summed E-state index contributed by atoms with van der Waals surface area (Å²) in [7, 11) is 0. The molecule has 166 valence electrons. The molecule has 0 atom stereocenters. The van der Waals surface area contributed by atoms with Gasteiger partial charge in [0.1, 0.15) is 11.3 Å². The van der Waals surface area contributed by atoms with Crippen molar-refractivity contribution in [2.24, 2.45) is 0 Å². The normalized spacial score (nSPS) is 11.0. The Morgan fingerprint density at radius 2 is 1.11 bits per heavy atom. The van der Waals surface area contributed by atoms with Crippen molar-refractivity contribution in [3.05, 3.63) is 121 Å². The summed E-state index contributed by atoms with van der Waals surface area (Å²) in [5.41, 5.74) is 6.97. The highest BCUT2D eigenvalue weighted by Gasteiger charge is 2.12. The molecular weight excluding hydrogens is 430 g/mol. The molecule has 2 heterocycles. The minimum atomic E-state index is 0.190. The predicted molar refractivity (Wildman–Crippen MR) is 141 cm³/mol. The van der Waals surface area contributed by atoms with Crippen molar-refractivity contribution >= 4 is 10.9 Å². The van der Waals surface area contributed by atoms with Crippen LogP contribution in [-0.4, -0.2) is 20.1 Å². The lowest BCUT2D eigenvalue weighted by Crippen LogP contribution is -1.95. The Morgan fingerprint density at radius 3 is 1.80 bits per heavy atom. The minimum absolute atomic E-state index is 0.190. The van der Waals surface area contributed by atoms with E-state index in [1.807, 2.05) is 103 Å². The van der Waals surface area contributed by atoms with Gasteiger partial charge in [-0.1, -0.05) is 97.1 Å². The standard InChI is InChI=1S/C31H21N3O/c35-30-26(18-17-24-12-7-19-32-29(24)30)21-13-15-23(16-14-21)28-20-27(22-8-3-1-4-9-22)33-31(34-28)25-10-5-2-6-11-25/h1-20,35H. The first-order valence-corrected chi connectivity index (χ1v) is 11.4. The second-order valence-corrected chi connectivity index (χ2v) is 8.31. The quantitative estimate of drug-likeness (QED) is 0.303. The fourth-order valence-corrected chi connectivity index (χ4v) is 4.25. The van der Waals surface area contributed by atoms with E-state index in [9.17, 15) is 5.11 Å². The van der Waals surface area contributed by atoms with Crippen molar-refractivity contribution in [3.63, 3.8) is 0 Å². The Labute approximate surface area is 203 Å². The summed E-state index contributed by atoms with van der Waals surface area (Å²) in [5.74, 6) is 0.875. The first-order chi connectivity index (χ1) is 17.3. The maximum atomic E-state index is 10.8. The Hall–Kier alpha value is -4.83. The monoisotopic (exact) mass is 451 g/mol. The number of phenolic OH excluding ortho intramolecular Hbond substituents is 1. The van der Waals surface area contributed by atoms with Gasteiger partial charge in [-0.05, 0) is 23.8 Å². The first kappa shape index (κ1) is 20.8. The molecule has 4 aromatic carbocycles. The van der Waals surface area contributed by atoms with Crippen LogP contribution in [0.25, 0.3) is 55.9 Å². The molecule has 0 aliphatic rings. The van der Waals surface area contributed by atoms with E-state index in [1.165, 1.54) is 0 Å². The number of fused-ring (bicyclic) bond motifs is 1. The molecule has 0 aliphatic carbocycles. The van der Waals surface area contributed by atoms with Crippen LogP contribution in [0.4, 0.5) is 0 Å². The van der Waals surface area contributed by atoms with Crippen molar-refractivity contribution in [1.29, 1.82) is 0 Å². The van der Waals surface area contributed by atoms with E-state index in [4.69, 9.17) is 9.97 Å². The number of benzene rings is 4. The summed E-state index contributed by atoms with van der Waals surface area (Å²) >= 11 is 0. The minimum Gasteiger partial charge on any atom is -0.505 e. The number of hydrogen-bond acceptors (Lipinski definition) is 4. The summed E-state index contributed by atoms with van der Waals surface area (Å²) < 4.78 is 0. The van der Waals surface area contributed by atoms with Gasteiger partial charge in [-0.2, -0.15) is 0 Å². The molecule has 0 spiro atoms. The zero-order valence-electron chi connectivity index (χ0n) is 18.8. The molecule has 0 saturated heterocycles. The van der Waals surface area contributed by atoms with Crippen LogP contribution < -0.4 is 0 Å². The third kappa shape index (κ3) is 4.02. The molecule has 4 heteroatoms. The van der Waals surface area contributed by atoms with Crippen LogP contribution in [0.3, 0.4) is 0 Å². The average Bonchev–Trinajstić information content (AvgIpc) is 2.94. The Bertz CT molecular complexity index is 1570. The van der Waals surface area contributed by atoms with Gasteiger partial charge in [-0.15, -0.1) is 0 Å². The maximum absolute atomic E-state index is 10.8. The van der Waals surface area contributed by atoms with Gasteiger partial charge in [-0.25, -0.2) is 9.97 Å². The molecule has 1 N–H and O–H groups in total. The molecule has 35 heavy (non-hydrogen) atoms. The molecule has 0 aliphatic heterocycles. The SMILES string of the molecule is Oc1c(-c2ccc(-c3cc(-c4ccccc4)nc(-c4ccccc4)n3)cc2)ccc2cccnc12. The van der Waals surface area contributed by atoms with E-state index in [0.29, 0.717) is 11.3 Å². The summed E-state index contributed by atoms with van der Waals surface area (Å²) in [6.07, 6.45) is 1.69. The third-order valence-corrected chi connectivity index (χ3v) is 6.07. The zero-order valence-corrected chi connectivity index (χ0v) is 18.8. The van der Waals surface area contributed by atoms with Gasteiger partial charge in [0.15, 0.2) is 5.82 Å². The average molecular weight is 452 g/mol. The lowest BCUT2D eigenvalue weighted by Gasteiger charge is -2.11. The number of rotatable bonds is 4. The number of pyridine rings is 1. The lowest BCUT2D eigenvalue weighted by atomic mass is 9.99. The van der Waals surface area contributed by atoms with Crippen molar-refractivity contribution in [3.8, 4) is 50.8 Å². The van der Waals surface area contributed by atoms with Crippen molar-refractivity contribution in [2.75, 3.05) is 0 Å². The highest BCUT2D eigenvalue weighted by Crippen LogP contribution is 2.36. The van der Waals surface area contributed by atoms with E-state index in [2.05, 4.69) is 17.1 Å². The van der Waals surface area contributed by atoms with Gasteiger partial charge < -0.3 is 5.11 Å². The van der Waals surface area contributed by atoms with Gasteiger partial charge in [0.2, 0.25) is 0 Å². The summed E-state index contributed by atoms with van der Waals surface area (Å²) in [5, 5.41) is 11.7. The number of phenols is 1. The predicted octanol–water partition coefficient (Wildman–Crippen LogP) is 7.40. The molecule has 0 fully saturated rings. The Kier molecular flexibility index (Phi) is 5.24. The van der Waals surface area contributed by atoms with Crippen molar-refractivity contribution < 1.29 is 5.11 Å². The molecular formula is C31H21N3O. The smallest absolute Gasteiger partial charge is 0.160 e. The van der Waals surface area contributed by atoms with E-state index >= 15 is 0 Å². The Morgan fingerprint density at radius 1 is 0.514 bits per heavy atom. The summed E-state index contributed by atoms with van der Waals surface area (Å²) in [6.45, 7) is 0. The van der Waals surface area contributed by atoms with Crippen LogP contribution in [0.2, 0.25) is 0 Å². The van der Waals surface area contributed by atoms with Crippen molar-refractivity contribution in [2.45, 2.75) is 0 Å². The number of aromatic hydroxyl groups is 1. The fourth-order valence-electron chi connectivity index (χ4n) is 4.25. The van der Waals surface area contributed by atoms with E-state index < -0.39 is 0 Å². The van der Waals surface area contributed by atoms with Gasteiger partial charge in [0, 0.05) is 33.8 Å². The third-order valence-electron chi connectivity index (χ3n) is 6.07. The number of hydrogen-bond donors (Lipinski definition) is 1. The second-order valence-electron chi connectivity index (χ2n) is 8.31. The second kappa shape index (κ2) is 8.84. The van der Waals surface area contributed by atoms with E-state index in [-0.39, 0.29) is 5.75 Å². The summed E-state index contributed by atoms with van der Waals surface area (Å²) in [6, 6.07) is 38.0. The molecule has 6 aromatic rings. The van der Waals surface area contributed by atoms with Crippen LogP contribution in [0.5, 0.6) is 5.75 Å². The molecule has 2 aromatic heterocycles. The van der Waals surface area contributed by atoms with Crippen LogP contribution in [0.15, 0.2) is 121 Å². The molecule has 0 bridgehead atoms. The Balaban J connectivity index is 1.44. The highest BCUT2D eigenvalue weighted by atomic mass is 16.3. The highest BCUT2D eigenvalue weighted by molar-refractivity contribution is 5.92. The first-order valence-electron chi connectivity index (χ1n) is 11.4. The van der Waals surface area contributed by atoms with Gasteiger partial charge in [-0.3, -0.25) is 4.98 Å². The van der Waals surface area contributed by atoms with Gasteiger partial charge in [0.25, 0.3) is 0 Å². The van der Waals surface area contributed by atoms with Crippen LogP contribution in [0.1, 0.15) is 0 Å². The van der Waals surface area contributed by atoms with E-state index in [1.54, 1.807) is 6.20 Å². The lowest BCUT2D eigenvalue weighted by molar-refractivity contribution is 0.482. The maximum Gasteiger partial charge on any atom is 0.160 e. The van der Waals surface area contributed by atoms with Crippen molar-refractivity contribution in [1.82, 2.24) is 15.0 Å². The molecule has 0 unspecified atom stereocenters. The zero-order chi connectivity index (χ0) is 23.6. The number of aromatic nitrogens is 3. The molecule has 6 rings (SSSR count). The van der Waals surface area contributed by atoms with Gasteiger partial charge in [0.05, 0.1) is 11.4 Å². The van der Waals surface area contributed by atoms with Gasteiger partial charge >= 0.3 is 0 Å².